The van der Waals surface area contributed by atoms with Gasteiger partial charge in [-0.1, -0.05) is 6.92 Å². The first kappa shape index (κ1) is 9.25. The second-order valence-electron chi connectivity index (χ2n) is 2.67. The topological polar surface area (TPSA) is 23.6 Å². The molecular formula is C7H13IN2O. The van der Waals surface area contributed by atoms with Crippen molar-refractivity contribution in [2.75, 3.05) is 32.7 Å². The summed E-state index contributed by atoms with van der Waals surface area (Å²) in [4.78, 5) is 15.1. The van der Waals surface area contributed by atoms with Gasteiger partial charge in [0.1, 0.15) is 0 Å². The van der Waals surface area contributed by atoms with Crippen molar-refractivity contribution in [1.82, 2.24) is 9.80 Å². The Hall–Kier alpha value is 0.160. The lowest BCUT2D eigenvalue weighted by Crippen LogP contribution is -2.46. The van der Waals surface area contributed by atoms with Crippen LogP contribution < -0.4 is 0 Å². The Balaban J connectivity index is 2.30. The Labute approximate surface area is 80.9 Å². The highest BCUT2D eigenvalue weighted by molar-refractivity contribution is 14.1. The molecule has 0 radical (unpaired) electrons. The molecule has 1 amide bonds. The van der Waals surface area contributed by atoms with Crippen LogP contribution in [0.5, 0.6) is 0 Å². The number of halogens is 1. The summed E-state index contributed by atoms with van der Waals surface area (Å²) in [5, 5.41) is 0. The molecule has 64 valence electrons. The zero-order chi connectivity index (χ0) is 8.27. The van der Waals surface area contributed by atoms with Crippen molar-refractivity contribution in [1.29, 1.82) is 0 Å². The van der Waals surface area contributed by atoms with Gasteiger partial charge in [-0.15, -0.1) is 0 Å². The molecule has 0 spiro atoms. The predicted octanol–water partition coefficient (Wildman–Crippen LogP) is 1.18. The maximum Gasteiger partial charge on any atom is 0.283 e. The van der Waals surface area contributed by atoms with Crippen LogP contribution in [-0.2, 0) is 0 Å². The highest BCUT2D eigenvalue weighted by Crippen LogP contribution is 2.05. The van der Waals surface area contributed by atoms with Crippen LogP contribution in [0.15, 0.2) is 0 Å². The van der Waals surface area contributed by atoms with Crippen LogP contribution in [0, 0.1) is 0 Å². The SMILES string of the molecule is CCN1CCN(C(=O)I)CC1. The van der Waals surface area contributed by atoms with Crippen LogP contribution >= 0.6 is 22.6 Å². The molecule has 3 nitrogen and oxygen atoms in total. The van der Waals surface area contributed by atoms with Gasteiger partial charge in [0.05, 0.1) is 0 Å². The molecule has 1 heterocycles. The van der Waals surface area contributed by atoms with Crippen molar-refractivity contribution < 1.29 is 4.79 Å². The Bertz CT molecular complexity index is 143. The lowest BCUT2D eigenvalue weighted by atomic mass is 10.3. The average Bonchev–Trinajstić information content (AvgIpc) is 2.05. The summed E-state index contributed by atoms with van der Waals surface area (Å²) in [6.07, 6.45) is 0. The van der Waals surface area contributed by atoms with E-state index in [9.17, 15) is 4.79 Å². The summed E-state index contributed by atoms with van der Waals surface area (Å²) in [7, 11) is 0. The van der Waals surface area contributed by atoms with Gasteiger partial charge in [0.15, 0.2) is 0 Å². The fourth-order valence-corrected chi connectivity index (χ4v) is 1.72. The molecule has 0 aromatic rings. The van der Waals surface area contributed by atoms with Gasteiger partial charge in [-0.2, -0.15) is 0 Å². The molecule has 0 unspecified atom stereocenters. The van der Waals surface area contributed by atoms with E-state index in [0.717, 1.165) is 32.7 Å². The Morgan fingerprint density at radius 1 is 1.36 bits per heavy atom. The fourth-order valence-electron chi connectivity index (χ4n) is 1.24. The van der Waals surface area contributed by atoms with Gasteiger partial charge in [-0.05, 0) is 6.54 Å². The molecule has 1 rings (SSSR count). The van der Waals surface area contributed by atoms with Crippen molar-refractivity contribution in [2.45, 2.75) is 6.92 Å². The molecule has 4 heteroatoms. The van der Waals surface area contributed by atoms with Crippen molar-refractivity contribution in [3.8, 4) is 0 Å². The Morgan fingerprint density at radius 3 is 2.27 bits per heavy atom. The monoisotopic (exact) mass is 268 g/mol. The van der Waals surface area contributed by atoms with E-state index in [1.54, 1.807) is 0 Å². The fraction of sp³-hybridized carbons (Fsp3) is 0.857. The number of carbonyl (C=O) groups is 1. The van der Waals surface area contributed by atoms with Gasteiger partial charge < -0.3 is 9.80 Å². The van der Waals surface area contributed by atoms with E-state index in [2.05, 4.69) is 11.8 Å². The summed E-state index contributed by atoms with van der Waals surface area (Å²) in [6.45, 7) is 7.12. The second-order valence-corrected chi connectivity index (χ2v) is 3.60. The van der Waals surface area contributed by atoms with Crippen LogP contribution in [-0.4, -0.2) is 46.4 Å². The minimum absolute atomic E-state index is 0.179. The standard InChI is InChI=1S/C7H13IN2O/c1-2-9-3-5-10(6-4-9)7(8)11/h2-6H2,1H3. The van der Waals surface area contributed by atoms with E-state index in [0.29, 0.717) is 0 Å². The first-order valence-electron chi connectivity index (χ1n) is 3.90. The average molecular weight is 268 g/mol. The first-order valence-corrected chi connectivity index (χ1v) is 4.98. The minimum Gasteiger partial charge on any atom is -0.332 e. The zero-order valence-corrected chi connectivity index (χ0v) is 8.87. The number of hydrogen-bond acceptors (Lipinski definition) is 2. The van der Waals surface area contributed by atoms with Crippen LogP contribution in [0.2, 0.25) is 0 Å². The summed E-state index contributed by atoms with van der Waals surface area (Å²) in [6, 6.07) is 0. The highest BCUT2D eigenvalue weighted by atomic mass is 127. The van der Waals surface area contributed by atoms with E-state index in [-0.39, 0.29) is 3.91 Å². The predicted molar refractivity (Wildman–Crippen MR) is 53.1 cm³/mol. The van der Waals surface area contributed by atoms with Crippen molar-refractivity contribution in [2.24, 2.45) is 0 Å². The molecule has 0 bridgehead atoms. The van der Waals surface area contributed by atoms with Gasteiger partial charge in [-0.3, -0.25) is 4.79 Å². The van der Waals surface area contributed by atoms with E-state index < -0.39 is 0 Å². The second kappa shape index (κ2) is 4.25. The van der Waals surface area contributed by atoms with Crippen LogP contribution in [0.3, 0.4) is 0 Å². The Kier molecular flexibility index (Phi) is 3.58. The number of nitrogens with zero attached hydrogens (tertiary/aromatic N) is 2. The molecule has 0 aliphatic carbocycles. The smallest absolute Gasteiger partial charge is 0.283 e. The molecule has 1 saturated heterocycles. The molecule has 0 atom stereocenters. The third-order valence-electron chi connectivity index (χ3n) is 2.07. The zero-order valence-electron chi connectivity index (χ0n) is 6.72. The van der Waals surface area contributed by atoms with E-state index in [1.165, 1.54) is 0 Å². The number of carbonyl (C=O) groups excluding carboxylic acids is 1. The molecule has 0 aromatic heterocycles. The maximum absolute atomic E-state index is 10.9. The van der Waals surface area contributed by atoms with Gasteiger partial charge >= 0.3 is 0 Å². The molecule has 0 aromatic carbocycles. The van der Waals surface area contributed by atoms with Crippen LogP contribution in [0.4, 0.5) is 4.79 Å². The van der Waals surface area contributed by atoms with E-state index in [4.69, 9.17) is 0 Å². The van der Waals surface area contributed by atoms with Crippen LogP contribution in [0.25, 0.3) is 0 Å². The first-order chi connectivity index (χ1) is 5.24. The Morgan fingerprint density at radius 2 is 1.91 bits per heavy atom. The molecule has 0 saturated carbocycles. The number of piperazine rings is 1. The van der Waals surface area contributed by atoms with Crippen molar-refractivity contribution >= 4 is 26.5 Å². The van der Waals surface area contributed by atoms with E-state index in [1.807, 2.05) is 27.5 Å². The van der Waals surface area contributed by atoms with Gasteiger partial charge in [0.2, 0.25) is 0 Å². The largest absolute Gasteiger partial charge is 0.332 e. The lowest BCUT2D eigenvalue weighted by molar-refractivity contribution is 0.160. The quantitative estimate of drug-likeness (QED) is 0.405. The summed E-state index contributed by atoms with van der Waals surface area (Å²) >= 11 is 1.85. The molecule has 1 aliphatic heterocycles. The molecule has 11 heavy (non-hydrogen) atoms. The maximum atomic E-state index is 10.9. The third kappa shape index (κ3) is 2.59. The van der Waals surface area contributed by atoms with Gasteiger partial charge in [-0.25, -0.2) is 0 Å². The number of hydrogen-bond donors (Lipinski definition) is 0. The molecule has 1 aliphatic rings. The summed E-state index contributed by atoms with van der Waals surface area (Å²) in [5.41, 5.74) is 0. The molecule has 0 N–H and O–H groups in total. The highest BCUT2D eigenvalue weighted by Gasteiger charge is 2.17. The third-order valence-corrected chi connectivity index (χ3v) is 2.75. The molecular weight excluding hydrogens is 255 g/mol. The summed E-state index contributed by atoms with van der Waals surface area (Å²) in [5.74, 6) is 0. The number of amides is 1. The normalized spacial score (nSPS) is 20.4. The van der Waals surface area contributed by atoms with Gasteiger partial charge in [0.25, 0.3) is 3.91 Å². The van der Waals surface area contributed by atoms with Gasteiger partial charge in [0, 0.05) is 48.8 Å². The van der Waals surface area contributed by atoms with Crippen LogP contribution in [0.1, 0.15) is 6.92 Å². The number of rotatable bonds is 1. The number of likely N-dealkylation sites (N-methyl/N-ethyl adjacent to an activating group) is 1. The lowest BCUT2D eigenvalue weighted by Gasteiger charge is -2.32. The summed E-state index contributed by atoms with van der Waals surface area (Å²) < 4.78 is 0.179. The molecule has 1 fully saturated rings. The minimum atomic E-state index is 0.179. The van der Waals surface area contributed by atoms with Crippen molar-refractivity contribution in [3.05, 3.63) is 0 Å². The van der Waals surface area contributed by atoms with Crippen molar-refractivity contribution in [3.63, 3.8) is 0 Å². The van der Waals surface area contributed by atoms with E-state index >= 15 is 0 Å².